The van der Waals surface area contributed by atoms with Crippen LogP contribution < -0.4 is 0 Å². The summed E-state index contributed by atoms with van der Waals surface area (Å²) >= 11 is 0. The zero-order valence-electron chi connectivity index (χ0n) is 13.0. The van der Waals surface area contributed by atoms with E-state index >= 15 is 0 Å². The highest BCUT2D eigenvalue weighted by Crippen LogP contribution is 2.23. The van der Waals surface area contributed by atoms with Gasteiger partial charge in [-0.2, -0.15) is 5.10 Å². The van der Waals surface area contributed by atoms with E-state index in [1.165, 1.54) is 35.1 Å². The van der Waals surface area contributed by atoms with E-state index in [2.05, 4.69) is 5.10 Å². The lowest BCUT2D eigenvalue weighted by molar-refractivity contribution is -0.0765. The first-order valence-electron chi connectivity index (χ1n) is 7.33. The monoisotopic (exact) mass is 319 g/mol. The molecule has 0 spiro atoms. The molecule has 7 heteroatoms. The molecule has 1 fully saturated rings. The number of aromatic hydroxyl groups is 1. The summed E-state index contributed by atoms with van der Waals surface area (Å²) in [5, 5.41) is 14.2. The molecule has 1 aliphatic rings. The van der Waals surface area contributed by atoms with E-state index in [0.29, 0.717) is 25.4 Å². The van der Waals surface area contributed by atoms with Gasteiger partial charge < -0.3 is 14.7 Å². The number of carbonyl (C=O) groups excluding carboxylic acids is 1. The Balaban J connectivity index is 1.86. The van der Waals surface area contributed by atoms with Gasteiger partial charge in [0.15, 0.2) is 11.4 Å². The molecule has 2 aromatic rings. The van der Waals surface area contributed by atoms with Crippen molar-refractivity contribution in [1.82, 2.24) is 14.7 Å². The third-order valence-electron chi connectivity index (χ3n) is 3.70. The highest BCUT2D eigenvalue weighted by molar-refractivity contribution is 5.95. The van der Waals surface area contributed by atoms with Crippen molar-refractivity contribution < 1.29 is 19.0 Å². The Morgan fingerprint density at radius 1 is 1.35 bits per heavy atom. The molecule has 122 valence electrons. The van der Waals surface area contributed by atoms with E-state index in [4.69, 9.17) is 4.74 Å². The first-order valence-corrected chi connectivity index (χ1v) is 7.33. The quantitative estimate of drug-likeness (QED) is 0.919. The molecule has 1 amide bonds. The predicted molar refractivity (Wildman–Crippen MR) is 81.1 cm³/mol. The second kappa shape index (κ2) is 5.66. The van der Waals surface area contributed by atoms with E-state index in [1.54, 1.807) is 4.90 Å². The normalized spacial score (nSPS) is 17.3. The van der Waals surface area contributed by atoms with Crippen molar-refractivity contribution in [3.63, 3.8) is 0 Å². The van der Waals surface area contributed by atoms with Gasteiger partial charge >= 0.3 is 0 Å². The average Bonchev–Trinajstić information content (AvgIpc) is 2.88. The van der Waals surface area contributed by atoms with Crippen LogP contribution in [0.15, 0.2) is 30.5 Å². The molecule has 23 heavy (non-hydrogen) atoms. The molecule has 0 radical (unpaired) electrons. The number of benzene rings is 1. The molecule has 0 bridgehead atoms. The molecule has 0 atom stereocenters. The third-order valence-corrected chi connectivity index (χ3v) is 3.70. The second-order valence-electron chi connectivity index (χ2n) is 6.12. The summed E-state index contributed by atoms with van der Waals surface area (Å²) in [6.07, 6.45) is 1.34. The fourth-order valence-corrected chi connectivity index (χ4v) is 2.58. The molecule has 0 aliphatic carbocycles. The van der Waals surface area contributed by atoms with Crippen LogP contribution in [-0.2, 0) is 4.74 Å². The maximum atomic E-state index is 13.0. The molecule has 0 unspecified atom stereocenters. The van der Waals surface area contributed by atoms with Gasteiger partial charge in [-0.15, -0.1) is 0 Å². The molecular weight excluding hydrogens is 301 g/mol. The van der Waals surface area contributed by atoms with Crippen LogP contribution >= 0.6 is 0 Å². The second-order valence-corrected chi connectivity index (χ2v) is 6.12. The molecule has 1 N–H and O–H groups in total. The minimum atomic E-state index is -0.428. The van der Waals surface area contributed by atoms with Crippen LogP contribution in [0.25, 0.3) is 5.69 Å². The Bertz CT molecular complexity index is 725. The van der Waals surface area contributed by atoms with Gasteiger partial charge in [-0.05, 0) is 38.1 Å². The van der Waals surface area contributed by atoms with Crippen LogP contribution in [0.1, 0.15) is 24.3 Å². The highest BCUT2D eigenvalue weighted by atomic mass is 19.1. The molecule has 1 saturated heterocycles. The van der Waals surface area contributed by atoms with Crippen molar-refractivity contribution in [2.75, 3.05) is 19.7 Å². The maximum Gasteiger partial charge on any atom is 0.278 e. The molecule has 0 saturated carbocycles. The third kappa shape index (κ3) is 3.19. The van der Waals surface area contributed by atoms with Crippen LogP contribution in [0.2, 0.25) is 0 Å². The number of aromatic nitrogens is 2. The predicted octanol–water partition coefficient (Wildman–Crippen LogP) is 1.97. The van der Waals surface area contributed by atoms with Crippen molar-refractivity contribution in [3.8, 4) is 11.4 Å². The smallest absolute Gasteiger partial charge is 0.278 e. The first-order chi connectivity index (χ1) is 10.9. The van der Waals surface area contributed by atoms with E-state index in [1.807, 2.05) is 13.8 Å². The van der Waals surface area contributed by atoms with Crippen LogP contribution in [-0.4, -0.2) is 51.0 Å². The van der Waals surface area contributed by atoms with Gasteiger partial charge in [0, 0.05) is 13.1 Å². The standard InChI is InChI=1S/C16H18FN3O3/c1-16(2)10-19(7-8-23-16)15(22)14-13(21)9-20(18-14)12-5-3-11(17)4-6-12/h3-6,9,21H,7-8,10H2,1-2H3. The number of hydrogen-bond acceptors (Lipinski definition) is 4. The SMILES string of the molecule is CC1(C)CN(C(=O)c2nn(-c3ccc(F)cc3)cc2O)CCO1. The number of nitrogens with zero attached hydrogens (tertiary/aromatic N) is 3. The zero-order valence-corrected chi connectivity index (χ0v) is 13.0. The summed E-state index contributed by atoms with van der Waals surface area (Å²) in [4.78, 5) is 14.2. The Kier molecular flexibility index (Phi) is 3.81. The van der Waals surface area contributed by atoms with E-state index < -0.39 is 5.60 Å². The van der Waals surface area contributed by atoms with Crippen molar-refractivity contribution in [3.05, 3.63) is 42.0 Å². The van der Waals surface area contributed by atoms with Gasteiger partial charge in [-0.3, -0.25) is 4.79 Å². The Labute approximate surface area is 133 Å². The first kappa shape index (κ1) is 15.5. The minimum Gasteiger partial charge on any atom is -0.504 e. The lowest BCUT2D eigenvalue weighted by Crippen LogP contribution is -2.50. The molecule has 2 heterocycles. The molecule has 1 aromatic carbocycles. The van der Waals surface area contributed by atoms with Crippen molar-refractivity contribution in [2.45, 2.75) is 19.4 Å². The zero-order chi connectivity index (χ0) is 16.6. The fraction of sp³-hybridized carbons (Fsp3) is 0.375. The fourth-order valence-electron chi connectivity index (χ4n) is 2.58. The van der Waals surface area contributed by atoms with Gasteiger partial charge in [0.05, 0.1) is 24.1 Å². The van der Waals surface area contributed by atoms with Gasteiger partial charge in [0.25, 0.3) is 5.91 Å². The van der Waals surface area contributed by atoms with Crippen molar-refractivity contribution in [1.29, 1.82) is 0 Å². The maximum absolute atomic E-state index is 13.0. The number of ether oxygens (including phenoxy) is 1. The molecule has 1 aliphatic heterocycles. The highest BCUT2D eigenvalue weighted by Gasteiger charge is 2.32. The number of hydrogen-bond donors (Lipinski definition) is 1. The van der Waals surface area contributed by atoms with Gasteiger partial charge in [-0.25, -0.2) is 9.07 Å². The number of morpholine rings is 1. The van der Waals surface area contributed by atoms with E-state index in [0.717, 1.165) is 0 Å². The number of rotatable bonds is 2. The summed E-state index contributed by atoms with van der Waals surface area (Å²) in [6, 6.07) is 5.63. The van der Waals surface area contributed by atoms with Gasteiger partial charge in [0.2, 0.25) is 0 Å². The lowest BCUT2D eigenvalue weighted by Gasteiger charge is -2.37. The van der Waals surface area contributed by atoms with Crippen LogP contribution in [0.4, 0.5) is 4.39 Å². The average molecular weight is 319 g/mol. The number of halogens is 1. The topological polar surface area (TPSA) is 67.6 Å². The Morgan fingerprint density at radius 3 is 2.70 bits per heavy atom. The summed E-state index contributed by atoms with van der Waals surface area (Å²) in [6.45, 7) is 5.13. The summed E-state index contributed by atoms with van der Waals surface area (Å²) < 4.78 is 19.9. The van der Waals surface area contributed by atoms with Gasteiger partial charge in [0.1, 0.15) is 5.82 Å². The Hall–Kier alpha value is -2.41. The minimum absolute atomic E-state index is 0.0213. The molecule has 3 rings (SSSR count). The molecule has 1 aromatic heterocycles. The summed E-state index contributed by atoms with van der Waals surface area (Å²) in [7, 11) is 0. The van der Waals surface area contributed by atoms with E-state index in [9.17, 15) is 14.3 Å². The molecule has 6 nitrogen and oxygen atoms in total. The van der Waals surface area contributed by atoms with Crippen molar-refractivity contribution in [2.24, 2.45) is 0 Å². The van der Waals surface area contributed by atoms with Crippen molar-refractivity contribution >= 4 is 5.91 Å². The summed E-state index contributed by atoms with van der Waals surface area (Å²) in [5.41, 5.74) is 0.110. The van der Waals surface area contributed by atoms with Gasteiger partial charge in [-0.1, -0.05) is 0 Å². The summed E-state index contributed by atoms with van der Waals surface area (Å²) in [5.74, 6) is -0.916. The van der Waals surface area contributed by atoms with Crippen LogP contribution in [0, 0.1) is 5.82 Å². The Morgan fingerprint density at radius 2 is 2.04 bits per heavy atom. The largest absolute Gasteiger partial charge is 0.504 e. The number of carbonyl (C=O) groups is 1. The molecular formula is C16H18FN3O3. The number of amides is 1. The lowest BCUT2D eigenvalue weighted by atomic mass is 10.1. The van der Waals surface area contributed by atoms with Crippen LogP contribution in [0.5, 0.6) is 5.75 Å². The van der Waals surface area contributed by atoms with Crippen LogP contribution in [0.3, 0.4) is 0 Å². The van der Waals surface area contributed by atoms with E-state index in [-0.39, 0.29) is 23.2 Å².